The Balaban J connectivity index is 2.51. The van der Waals surface area contributed by atoms with E-state index in [-0.39, 0.29) is 0 Å². The maximum atomic E-state index is 5.82. The van der Waals surface area contributed by atoms with Gasteiger partial charge in [0.15, 0.2) is 5.82 Å². The minimum Gasteiger partial charge on any atom is -0.383 e. The fourth-order valence-corrected chi connectivity index (χ4v) is 1.50. The zero-order valence-corrected chi connectivity index (χ0v) is 8.59. The van der Waals surface area contributed by atoms with E-state index in [0.717, 1.165) is 24.2 Å². The lowest BCUT2D eigenvalue weighted by molar-refractivity contribution is 0.801. The molecule has 2 N–H and O–H groups in total. The van der Waals surface area contributed by atoms with Crippen molar-refractivity contribution in [3.05, 3.63) is 30.4 Å². The van der Waals surface area contributed by atoms with Crippen molar-refractivity contribution in [1.82, 2.24) is 19.7 Å². The van der Waals surface area contributed by atoms with Crippen LogP contribution in [0.25, 0.3) is 5.82 Å². The van der Waals surface area contributed by atoms with Crippen LogP contribution in [0.1, 0.15) is 18.9 Å². The van der Waals surface area contributed by atoms with Gasteiger partial charge in [0.05, 0.1) is 0 Å². The van der Waals surface area contributed by atoms with Crippen LogP contribution in [0.15, 0.2) is 24.8 Å². The molecule has 0 aliphatic carbocycles. The third-order valence-corrected chi connectivity index (χ3v) is 2.18. The number of aromatic nitrogens is 4. The van der Waals surface area contributed by atoms with Crippen molar-refractivity contribution in [2.45, 2.75) is 19.8 Å². The number of rotatable bonds is 3. The Labute approximate surface area is 88.0 Å². The predicted molar refractivity (Wildman–Crippen MR) is 57.6 cm³/mol. The van der Waals surface area contributed by atoms with Crippen LogP contribution in [0.4, 0.5) is 5.82 Å². The van der Waals surface area contributed by atoms with Crippen LogP contribution >= 0.6 is 0 Å². The van der Waals surface area contributed by atoms with Gasteiger partial charge in [-0.2, -0.15) is 5.10 Å². The molecule has 0 bridgehead atoms. The normalized spacial score (nSPS) is 10.5. The summed E-state index contributed by atoms with van der Waals surface area (Å²) in [6, 6.07) is 1.86. The third-order valence-electron chi connectivity index (χ3n) is 2.18. The molecule has 0 unspecified atom stereocenters. The molecule has 2 rings (SSSR count). The van der Waals surface area contributed by atoms with Crippen molar-refractivity contribution < 1.29 is 0 Å². The average molecular weight is 203 g/mol. The highest BCUT2D eigenvalue weighted by molar-refractivity contribution is 5.48. The van der Waals surface area contributed by atoms with E-state index >= 15 is 0 Å². The summed E-state index contributed by atoms with van der Waals surface area (Å²) in [4.78, 5) is 8.20. The van der Waals surface area contributed by atoms with E-state index in [4.69, 9.17) is 5.73 Å². The van der Waals surface area contributed by atoms with E-state index in [0.29, 0.717) is 5.82 Å². The summed E-state index contributed by atoms with van der Waals surface area (Å²) in [6.45, 7) is 2.10. The number of hydrogen-bond donors (Lipinski definition) is 1. The Morgan fingerprint density at radius 2 is 2.27 bits per heavy atom. The highest BCUT2D eigenvalue weighted by atomic mass is 15.3. The summed E-state index contributed by atoms with van der Waals surface area (Å²) in [6.07, 6.45) is 6.90. The second-order valence-corrected chi connectivity index (χ2v) is 3.26. The molecule has 78 valence electrons. The first kappa shape index (κ1) is 9.64. The molecule has 2 aromatic heterocycles. The summed E-state index contributed by atoms with van der Waals surface area (Å²) in [5.41, 5.74) is 6.78. The molecule has 5 heteroatoms. The molecule has 2 aromatic rings. The first-order valence-electron chi connectivity index (χ1n) is 4.92. The molecule has 0 aromatic carbocycles. The Morgan fingerprint density at radius 3 is 2.93 bits per heavy atom. The Morgan fingerprint density at radius 1 is 1.40 bits per heavy atom. The highest BCUT2D eigenvalue weighted by Gasteiger charge is 2.09. The molecule has 0 fully saturated rings. The van der Waals surface area contributed by atoms with Crippen molar-refractivity contribution >= 4 is 5.82 Å². The minimum absolute atomic E-state index is 0.539. The topological polar surface area (TPSA) is 69.6 Å². The maximum absolute atomic E-state index is 5.82. The van der Waals surface area contributed by atoms with Crippen LogP contribution in [0.2, 0.25) is 0 Å². The first-order chi connectivity index (χ1) is 7.33. The molecular formula is C10H13N5. The van der Waals surface area contributed by atoms with E-state index in [1.807, 2.05) is 12.3 Å². The first-order valence-corrected chi connectivity index (χ1v) is 4.92. The van der Waals surface area contributed by atoms with E-state index in [2.05, 4.69) is 22.0 Å². The van der Waals surface area contributed by atoms with Gasteiger partial charge in [-0.25, -0.2) is 14.6 Å². The summed E-state index contributed by atoms with van der Waals surface area (Å²) in [5.74, 6) is 1.31. The van der Waals surface area contributed by atoms with Crippen molar-refractivity contribution in [2.24, 2.45) is 0 Å². The minimum atomic E-state index is 0.539. The van der Waals surface area contributed by atoms with Gasteiger partial charge in [-0.15, -0.1) is 0 Å². The van der Waals surface area contributed by atoms with Gasteiger partial charge in [-0.1, -0.05) is 13.3 Å². The van der Waals surface area contributed by atoms with Gasteiger partial charge in [-0.05, 0) is 12.5 Å². The lowest BCUT2D eigenvalue weighted by Gasteiger charge is -2.08. The van der Waals surface area contributed by atoms with Crippen molar-refractivity contribution in [2.75, 3.05) is 5.73 Å². The van der Waals surface area contributed by atoms with Crippen molar-refractivity contribution in [1.29, 1.82) is 0 Å². The smallest absolute Gasteiger partial charge is 0.161 e. The van der Waals surface area contributed by atoms with Crippen LogP contribution < -0.4 is 5.73 Å². The van der Waals surface area contributed by atoms with Crippen LogP contribution in [0, 0.1) is 0 Å². The van der Waals surface area contributed by atoms with Gasteiger partial charge in [0.1, 0.15) is 12.1 Å². The van der Waals surface area contributed by atoms with Crippen molar-refractivity contribution in [3.8, 4) is 5.82 Å². The van der Waals surface area contributed by atoms with Gasteiger partial charge in [0.25, 0.3) is 0 Å². The zero-order chi connectivity index (χ0) is 10.7. The summed E-state index contributed by atoms with van der Waals surface area (Å²) >= 11 is 0. The molecule has 2 heterocycles. The molecule has 0 aliphatic heterocycles. The number of nitrogen functional groups attached to an aromatic ring is 1. The Bertz CT molecular complexity index is 435. The standard InChI is InChI=1S/C10H13N5/c1-2-4-8-9(11)12-7-13-10(8)15-6-3-5-14-15/h3,5-7H,2,4H2,1H3,(H2,11,12,13). The molecule has 15 heavy (non-hydrogen) atoms. The monoisotopic (exact) mass is 203 g/mol. The second kappa shape index (κ2) is 4.08. The predicted octanol–water partition coefficient (Wildman–Crippen LogP) is 1.20. The van der Waals surface area contributed by atoms with Crippen molar-refractivity contribution in [3.63, 3.8) is 0 Å². The molecule has 0 saturated carbocycles. The van der Waals surface area contributed by atoms with Gasteiger partial charge < -0.3 is 5.73 Å². The van der Waals surface area contributed by atoms with Gasteiger partial charge >= 0.3 is 0 Å². The Kier molecular flexibility index (Phi) is 2.62. The number of hydrogen-bond acceptors (Lipinski definition) is 4. The van der Waals surface area contributed by atoms with Gasteiger partial charge in [-0.3, -0.25) is 0 Å². The average Bonchev–Trinajstić information content (AvgIpc) is 2.74. The van der Waals surface area contributed by atoms with Crippen LogP contribution in [-0.4, -0.2) is 19.7 Å². The molecule has 0 aliphatic rings. The third kappa shape index (κ3) is 1.81. The second-order valence-electron chi connectivity index (χ2n) is 3.26. The molecular weight excluding hydrogens is 190 g/mol. The molecule has 0 saturated heterocycles. The van der Waals surface area contributed by atoms with Gasteiger partial charge in [0, 0.05) is 18.0 Å². The van der Waals surface area contributed by atoms with E-state index in [9.17, 15) is 0 Å². The van der Waals surface area contributed by atoms with Crippen LogP contribution in [0.5, 0.6) is 0 Å². The SMILES string of the molecule is CCCc1c(N)ncnc1-n1cccn1. The number of nitrogens with zero attached hydrogens (tertiary/aromatic N) is 4. The molecule has 0 atom stereocenters. The maximum Gasteiger partial charge on any atom is 0.161 e. The highest BCUT2D eigenvalue weighted by Crippen LogP contribution is 2.17. The summed E-state index contributed by atoms with van der Waals surface area (Å²) < 4.78 is 1.71. The van der Waals surface area contributed by atoms with E-state index in [1.165, 1.54) is 6.33 Å². The number of anilines is 1. The fraction of sp³-hybridized carbons (Fsp3) is 0.300. The zero-order valence-electron chi connectivity index (χ0n) is 8.59. The van der Waals surface area contributed by atoms with Crippen LogP contribution in [-0.2, 0) is 6.42 Å². The fourth-order valence-electron chi connectivity index (χ4n) is 1.50. The quantitative estimate of drug-likeness (QED) is 0.813. The largest absolute Gasteiger partial charge is 0.383 e. The molecule has 0 amide bonds. The van der Waals surface area contributed by atoms with E-state index < -0.39 is 0 Å². The lowest BCUT2D eigenvalue weighted by atomic mass is 10.1. The van der Waals surface area contributed by atoms with Gasteiger partial charge in [0.2, 0.25) is 0 Å². The van der Waals surface area contributed by atoms with Crippen LogP contribution in [0.3, 0.4) is 0 Å². The molecule has 0 spiro atoms. The molecule has 5 nitrogen and oxygen atoms in total. The lowest BCUT2D eigenvalue weighted by Crippen LogP contribution is -2.08. The Hall–Kier alpha value is -1.91. The molecule has 0 radical (unpaired) electrons. The van der Waals surface area contributed by atoms with E-state index in [1.54, 1.807) is 10.9 Å². The summed E-state index contributed by atoms with van der Waals surface area (Å²) in [5, 5.41) is 4.14. The number of nitrogens with two attached hydrogens (primary N) is 1. The summed E-state index contributed by atoms with van der Waals surface area (Å²) in [7, 11) is 0.